The average Bonchev–Trinajstić information content (AvgIpc) is 2.70. The molecule has 0 N–H and O–H groups in total. The van der Waals surface area contributed by atoms with E-state index in [9.17, 15) is 0 Å². The van der Waals surface area contributed by atoms with Gasteiger partial charge in [-0.3, -0.25) is 4.90 Å². The van der Waals surface area contributed by atoms with Gasteiger partial charge in [-0.1, -0.05) is 13.8 Å². The van der Waals surface area contributed by atoms with Crippen LogP contribution in [0.5, 0.6) is 0 Å². The summed E-state index contributed by atoms with van der Waals surface area (Å²) in [6, 6.07) is 0.916. The molecular formula is C14H26N2. The highest BCUT2D eigenvalue weighted by Gasteiger charge is 2.53. The van der Waals surface area contributed by atoms with Gasteiger partial charge in [0.25, 0.3) is 0 Å². The van der Waals surface area contributed by atoms with E-state index in [4.69, 9.17) is 0 Å². The SMILES string of the molecule is CN1CCC2(CCC2N2CCC(C)(C)C2)C1. The molecule has 2 unspecified atom stereocenters. The van der Waals surface area contributed by atoms with Gasteiger partial charge in [0.05, 0.1) is 0 Å². The lowest BCUT2D eigenvalue weighted by molar-refractivity contribution is -0.0103. The molecule has 0 bridgehead atoms. The molecule has 3 aliphatic rings. The van der Waals surface area contributed by atoms with Crippen LogP contribution in [-0.4, -0.2) is 49.1 Å². The Hall–Kier alpha value is -0.0800. The second-order valence-corrected chi connectivity index (χ2v) is 7.29. The molecule has 2 heterocycles. The minimum atomic E-state index is 0.571. The average molecular weight is 222 g/mol. The van der Waals surface area contributed by atoms with Crippen LogP contribution in [0.4, 0.5) is 0 Å². The van der Waals surface area contributed by atoms with Gasteiger partial charge in [-0.25, -0.2) is 0 Å². The summed E-state index contributed by atoms with van der Waals surface area (Å²) in [6.45, 7) is 10.2. The maximum Gasteiger partial charge on any atom is 0.0165 e. The highest BCUT2D eigenvalue weighted by atomic mass is 15.2. The normalized spacial score (nSPS) is 44.1. The maximum absolute atomic E-state index is 2.81. The first kappa shape index (κ1) is 11.0. The van der Waals surface area contributed by atoms with Crippen LogP contribution in [0.25, 0.3) is 0 Å². The second kappa shape index (κ2) is 3.46. The summed E-state index contributed by atoms with van der Waals surface area (Å²) >= 11 is 0. The molecule has 2 saturated heterocycles. The van der Waals surface area contributed by atoms with Gasteiger partial charge in [0, 0.05) is 19.1 Å². The zero-order valence-electron chi connectivity index (χ0n) is 11.1. The first-order valence-electron chi connectivity index (χ1n) is 6.94. The molecule has 0 aromatic heterocycles. The van der Waals surface area contributed by atoms with Gasteiger partial charge >= 0.3 is 0 Å². The van der Waals surface area contributed by atoms with E-state index in [0.717, 1.165) is 6.04 Å². The lowest BCUT2D eigenvalue weighted by Gasteiger charge is -2.52. The number of likely N-dealkylation sites (tertiary alicyclic amines) is 2. The molecule has 2 nitrogen and oxygen atoms in total. The van der Waals surface area contributed by atoms with Crippen molar-refractivity contribution in [2.24, 2.45) is 10.8 Å². The molecule has 3 rings (SSSR count). The Labute approximate surface area is 100.0 Å². The largest absolute Gasteiger partial charge is 0.306 e. The van der Waals surface area contributed by atoms with Crippen molar-refractivity contribution in [3.8, 4) is 0 Å². The Morgan fingerprint density at radius 2 is 1.81 bits per heavy atom. The minimum Gasteiger partial charge on any atom is -0.306 e. The van der Waals surface area contributed by atoms with Gasteiger partial charge in [0.1, 0.15) is 0 Å². The van der Waals surface area contributed by atoms with E-state index in [1.165, 1.54) is 51.9 Å². The zero-order chi connectivity index (χ0) is 11.4. The second-order valence-electron chi connectivity index (χ2n) is 7.29. The molecule has 92 valence electrons. The summed E-state index contributed by atoms with van der Waals surface area (Å²) in [5.74, 6) is 0. The first-order chi connectivity index (χ1) is 7.51. The Morgan fingerprint density at radius 3 is 2.25 bits per heavy atom. The molecule has 2 heteroatoms. The summed E-state index contributed by atoms with van der Waals surface area (Å²) in [7, 11) is 2.29. The Bertz CT molecular complexity index is 286. The molecule has 2 aliphatic heterocycles. The predicted octanol–water partition coefficient (Wildman–Crippen LogP) is 2.20. The highest BCUT2D eigenvalue weighted by Crippen LogP contribution is 2.52. The fourth-order valence-electron chi connectivity index (χ4n) is 4.26. The third-order valence-electron chi connectivity index (χ3n) is 5.35. The predicted molar refractivity (Wildman–Crippen MR) is 67.5 cm³/mol. The number of rotatable bonds is 1. The van der Waals surface area contributed by atoms with Crippen LogP contribution in [0.2, 0.25) is 0 Å². The fourth-order valence-corrected chi connectivity index (χ4v) is 4.26. The lowest BCUT2D eigenvalue weighted by Crippen LogP contribution is -2.55. The lowest BCUT2D eigenvalue weighted by atomic mass is 9.63. The highest BCUT2D eigenvalue weighted by molar-refractivity contribution is 5.07. The van der Waals surface area contributed by atoms with Gasteiger partial charge in [-0.2, -0.15) is 0 Å². The van der Waals surface area contributed by atoms with Crippen molar-refractivity contribution in [1.29, 1.82) is 0 Å². The van der Waals surface area contributed by atoms with E-state index in [2.05, 4.69) is 30.7 Å². The topological polar surface area (TPSA) is 6.48 Å². The number of hydrogen-bond acceptors (Lipinski definition) is 2. The molecule has 0 radical (unpaired) electrons. The van der Waals surface area contributed by atoms with Gasteiger partial charge < -0.3 is 4.90 Å². The molecule has 0 amide bonds. The van der Waals surface area contributed by atoms with Crippen LogP contribution in [-0.2, 0) is 0 Å². The van der Waals surface area contributed by atoms with E-state index >= 15 is 0 Å². The van der Waals surface area contributed by atoms with Gasteiger partial charge in [-0.15, -0.1) is 0 Å². The third kappa shape index (κ3) is 1.62. The van der Waals surface area contributed by atoms with E-state index in [-0.39, 0.29) is 0 Å². The van der Waals surface area contributed by atoms with E-state index in [0.29, 0.717) is 10.8 Å². The van der Waals surface area contributed by atoms with Crippen LogP contribution in [0.1, 0.15) is 39.5 Å². The third-order valence-corrected chi connectivity index (χ3v) is 5.35. The summed E-state index contributed by atoms with van der Waals surface area (Å²) in [5, 5.41) is 0. The van der Waals surface area contributed by atoms with Gasteiger partial charge in [0.15, 0.2) is 0 Å². The molecule has 16 heavy (non-hydrogen) atoms. The van der Waals surface area contributed by atoms with Crippen LogP contribution in [0, 0.1) is 10.8 Å². The van der Waals surface area contributed by atoms with E-state index in [1.54, 1.807) is 0 Å². The Morgan fingerprint density at radius 1 is 1.00 bits per heavy atom. The van der Waals surface area contributed by atoms with E-state index < -0.39 is 0 Å². The summed E-state index contributed by atoms with van der Waals surface area (Å²) < 4.78 is 0. The molecule has 1 saturated carbocycles. The van der Waals surface area contributed by atoms with Crippen molar-refractivity contribution in [2.45, 2.75) is 45.6 Å². The fraction of sp³-hybridized carbons (Fsp3) is 1.00. The maximum atomic E-state index is 2.81. The number of nitrogens with zero attached hydrogens (tertiary/aromatic N) is 2. The van der Waals surface area contributed by atoms with Crippen molar-refractivity contribution >= 4 is 0 Å². The molecular weight excluding hydrogens is 196 g/mol. The molecule has 3 fully saturated rings. The van der Waals surface area contributed by atoms with Crippen LogP contribution < -0.4 is 0 Å². The number of hydrogen-bond donors (Lipinski definition) is 0. The molecule has 1 spiro atoms. The Kier molecular flexibility index (Phi) is 2.38. The van der Waals surface area contributed by atoms with Crippen molar-refractivity contribution < 1.29 is 0 Å². The van der Waals surface area contributed by atoms with E-state index in [1.807, 2.05) is 0 Å². The first-order valence-corrected chi connectivity index (χ1v) is 6.94. The van der Waals surface area contributed by atoms with Crippen LogP contribution in [0.3, 0.4) is 0 Å². The summed E-state index contributed by atoms with van der Waals surface area (Å²) in [4.78, 5) is 5.34. The van der Waals surface area contributed by atoms with Crippen LogP contribution in [0.15, 0.2) is 0 Å². The molecule has 0 aromatic rings. The van der Waals surface area contributed by atoms with Crippen molar-refractivity contribution in [1.82, 2.24) is 9.80 Å². The smallest absolute Gasteiger partial charge is 0.0165 e. The standard InChI is InChI=1S/C14H26N2/c1-13(2)6-9-16(10-13)12-4-5-14(12)7-8-15(3)11-14/h12H,4-11H2,1-3H3. The van der Waals surface area contributed by atoms with Gasteiger partial charge in [0.2, 0.25) is 0 Å². The zero-order valence-corrected chi connectivity index (χ0v) is 11.1. The minimum absolute atomic E-state index is 0.571. The van der Waals surface area contributed by atoms with Gasteiger partial charge in [-0.05, 0) is 56.7 Å². The summed E-state index contributed by atoms with van der Waals surface area (Å²) in [6.07, 6.45) is 5.80. The quantitative estimate of drug-likeness (QED) is 0.671. The van der Waals surface area contributed by atoms with Crippen LogP contribution >= 0.6 is 0 Å². The molecule has 0 aromatic carbocycles. The molecule has 2 atom stereocenters. The van der Waals surface area contributed by atoms with Crippen molar-refractivity contribution in [3.63, 3.8) is 0 Å². The Balaban J connectivity index is 1.68. The van der Waals surface area contributed by atoms with Crippen molar-refractivity contribution in [3.05, 3.63) is 0 Å². The molecule has 1 aliphatic carbocycles. The van der Waals surface area contributed by atoms with Crippen molar-refractivity contribution in [2.75, 3.05) is 33.2 Å². The summed E-state index contributed by atoms with van der Waals surface area (Å²) in [5.41, 5.74) is 1.26. The monoisotopic (exact) mass is 222 g/mol.